The lowest BCUT2D eigenvalue weighted by Gasteiger charge is -2.06. The smallest absolute Gasteiger partial charge is 0.326 e. The normalized spacial score (nSPS) is 11.8. The van der Waals surface area contributed by atoms with Gasteiger partial charge in [0.05, 0.1) is 5.69 Å². The Labute approximate surface area is 110 Å². The van der Waals surface area contributed by atoms with Gasteiger partial charge in [-0.1, -0.05) is 22.0 Å². The van der Waals surface area contributed by atoms with Gasteiger partial charge in [-0.2, -0.15) is 18.3 Å². The van der Waals surface area contributed by atoms with Gasteiger partial charge in [0, 0.05) is 17.2 Å². The highest BCUT2D eigenvalue weighted by molar-refractivity contribution is 9.10. The first-order valence-corrected chi connectivity index (χ1v) is 5.83. The summed E-state index contributed by atoms with van der Waals surface area (Å²) in [5.41, 5.74) is 6.00. The molecule has 0 aliphatic rings. The highest BCUT2D eigenvalue weighted by Crippen LogP contribution is 2.28. The molecule has 0 fully saturated rings. The summed E-state index contributed by atoms with van der Waals surface area (Å²) in [6.07, 6.45) is -3.16. The summed E-state index contributed by atoms with van der Waals surface area (Å²) in [5.74, 6) is 0. The SMILES string of the molecule is NCc1ccc(-n2ccc(C(F)(F)F)n2)cc1Br. The minimum Gasteiger partial charge on any atom is -0.326 e. The van der Waals surface area contributed by atoms with Crippen LogP contribution in [0.15, 0.2) is 34.9 Å². The topological polar surface area (TPSA) is 43.8 Å². The zero-order valence-electron chi connectivity index (χ0n) is 9.08. The van der Waals surface area contributed by atoms with Gasteiger partial charge < -0.3 is 5.73 Å². The maximum Gasteiger partial charge on any atom is 0.435 e. The van der Waals surface area contributed by atoms with Crippen molar-refractivity contribution in [1.29, 1.82) is 0 Å². The van der Waals surface area contributed by atoms with Crippen molar-refractivity contribution in [3.63, 3.8) is 0 Å². The summed E-state index contributed by atoms with van der Waals surface area (Å²) in [7, 11) is 0. The van der Waals surface area contributed by atoms with Crippen molar-refractivity contribution < 1.29 is 13.2 Å². The van der Waals surface area contributed by atoms with E-state index < -0.39 is 11.9 Å². The Bertz CT molecular complexity index is 563. The van der Waals surface area contributed by atoms with E-state index in [0.717, 1.165) is 16.1 Å². The van der Waals surface area contributed by atoms with Crippen LogP contribution in [0, 0.1) is 0 Å². The molecule has 0 spiro atoms. The van der Waals surface area contributed by atoms with Crippen LogP contribution in [0.25, 0.3) is 5.69 Å². The average molecular weight is 320 g/mol. The number of alkyl halides is 3. The van der Waals surface area contributed by atoms with Gasteiger partial charge in [0.2, 0.25) is 0 Å². The van der Waals surface area contributed by atoms with Crippen LogP contribution < -0.4 is 5.73 Å². The molecular weight excluding hydrogens is 311 g/mol. The first-order valence-electron chi connectivity index (χ1n) is 5.03. The second kappa shape index (κ2) is 4.74. The molecule has 18 heavy (non-hydrogen) atoms. The third-order valence-corrected chi connectivity index (χ3v) is 3.14. The number of hydrogen-bond acceptors (Lipinski definition) is 2. The van der Waals surface area contributed by atoms with E-state index in [4.69, 9.17) is 5.73 Å². The molecule has 2 rings (SSSR count). The second-order valence-corrected chi connectivity index (χ2v) is 4.48. The van der Waals surface area contributed by atoms with Crippen LogP contribution in [-0.4, -0.2) is 9.78 Å². The Balaban J connectivity index is 2.38. The van der Waals surface area contributed by atoms with E-state index in [0.29, 0.717) is 12.2 Å². The van der Waals surface area contributed by atoms with Crippen molar-refractivity contribution in [1.82, 2.24) is 9.78 Å². The van der Waals surface area contributed by atoms with Crippen molar-refractivity contribution in [2.45, 2.75) is 12.7 Å². The lowest BCUT2D eigenvalue weighted by atomic mass is 10.2. The van der Waals surface area contributed by atoms with E-state index in [2.05, 4.69) is 21.0 Å². The second-order valence-electron chi connectivity index (χ2n) is 3.62. The lowest BCUT2D eigenvalue weighted by Crippen LogP contribution is -2.07. The molecule has 1 heterocycles. The first-order chi connectivity index (χ1) is 8.41. The molecule has 1 aromatic heterocycles. The molecule has 0 saturated carbocycles. The number of hydrogen-bond donors (Lipinski definition) is 1. The number of aromatic nitrogens is 2. The molecule has 0 unspecified atom stereocenters. The Morgan fingerprint density at radius 1 is 1.28 bits per heavy atom. The van der Waals surface area contributed by atoms with E-state index in [9.17, 15) is 13.2 Å². The third-order valence-electron chi connectivity index (χ3n) is 2.40. The molecule has 0 amide bonds. The van der Waals surface area contributed by atoms with Crippen LogP contribution in [-0.2, 0) is 12.7 Å². The Kier molecular flexibility index (Phi) is 3.45. The number of benzene rings is 1. The highest BCUT2D eigenvalue weighted by Gasteiger charge is 2.33. The Morgan fingerprint density at radius 2 is 2.00 bits per heavy atom. The van der Waals surface area contributed by atoms with Crippen LogP contribution in [0.5, 0.6) is 0 Å². The van der Waals surface area contributed by atoms with Crippen molar-refractivity contribution in [3.05, 3.63) is 46.2 Å². The van der Waals surface area contributed by atoms with Crippen molar-refractivity contribution in [3.8, 4) is 5.69 Å². The summed E-state index contributed by atoms with van der Waals surface area (Å²) in [5, 5.41) is 3.49. The molecule has 96 valence electrons. The largest absolute Gasteiger partial charge is 0.435 e. The third kappa shape index (κ3) is 2.56. The van der Waals surface area contributed by atoms with E-state index in [1.165, 1.54) is 10.9 Å². The zero-order valence-corrected chi connectivity index (χ0v) is 10.7. The van der Waals surface area contributed by atoms with Gasteiger partial charge in [-0.15, -0.1) is 0 Å². The summed E-state index contributed by atoms with van der Waals surface area (Å²) >= 11 is 3.31. The predicted molar refractivity (Wildman–Crippen MR) is 64.2 cm³/mol. The van der Waals surface area contributed by atoms with Gasteiger partial charge in [0.15, 0.2) is 5.69 Å². The minimum atomic E-state index is -4.43. The molecule has 0 bridgehead atoms. The fourth-order valence-corrected chi connectivity index (χ4v) is 1.99. The van der Waals surface area contributed by atoms with Crippen molar-refractivity contribution in [2.24, 2.45) is 5.73 Å². The van der Waals surface area contributed by atoms with Gasteiger partial charge in [-0.3, -0.25) is 0 Å². The maximum absolute atomic E-state index is 12.4. The van der Waals surface area contributed by atoms with Crippen LogP contribution in [0.3, 0.4) is 0 Å². The highest BCUT2D eigenvalue weighted by atomic mass is 79.9. The van der Waals surface area contributed by atoms with E-state index >= 15 is 0 Å². The standard InChI is InChI=1S/C11H9BrF3N3/c12-9-5-8(2-1-7(9)6-16)18-4-3-10(17-18)11(13,14)15/h1-5H,6,16H2. The molecular formula is C11H9BrF3N3. The molecule has 1 aromatic carbocycles. The van der Waals surface area contributed by atoms with Gasteiger partial charge in [0.1, 0.15) is 0 Å². The van der Waals surface area contributed by atoms with Gasteiger partial charge >= 0.3 is 6.18 Å². The van der Waals surface area contributed by atoms with Crippen LogP contribution in [0.1, 0.15) is 11.3 Å². The fraction of sp³-hybridized carbons (Fsp3) is 0.182. The predicted octanol–water partition coefficient (Wildman–Crippen LogP) is 3.11. The summed E-state index contributed by atoms with van der Waals surface area (Å²) in [6.45, 7) is 0.355. The molecule has 2 aromatic rings. The van der Waals surface area contributed by atoms with Crippen LogP contribution >= 0.6 is 15.9 Å². The van der Waals surface area contributed by atoms with E-state index in [1.807, 2.05) is 0 Å². The Morgan fingerprint density at radius 3 is 2.50 bits per heavy atom. The first kappa shape index (κ1) is 13.1. The number of halogens is 4. The van der Waals surface area contributed by atoms with E-state index in [1.54, 1.807) is 18.2 Å². The molecule has 0 saturated heterocycles. The minimum absolute atomic E-state index is 0.355. The molecule has 3 nitrogen and oxygen atoms in total. The molecule has 2 N–H and O–H groups in total. The zero-order chi connectivity index (χ0) is 13.3. The summed E-state index contributed by atoms with van der Waals surface area (Å²) in [4.78, 5) is 0. The molecule has 0 aliphatic heterocycles. The molecule has 0 radical (unpaired) electrons. The fourth-order valence-electron chi connectivity index (χ4n) is 1.46. The Hall–Kier alpha value is -1.34. The number of rotatable bonds is 2. The number of nitrogens with zero attached hydrogens (tertiary/aromatic N) is 2. The van der Waals surface area contributed by atoms with Gasteiger partial charge in [0.25, 0.3) is 0 Å². The molecule has 0 aliphatic carbocycles. The summed E-state index contributed by atoms with van der Waals surface area (Å²) in [6, 6.07) is 6.02. The summed E-state index contributed by atoms with van der Waals surface area (Å²) < 4.78 is 39.2. The number of nitrogens with two attached hydrogens (primary N) is 1. The molecule has 7 heteroatoms. The maximum atomic E-state index is 12.4. The van der Waals surface area contributed by atoms with E-state index in [-0.39, 0.29) is 0 Å². The van der Waals surface area contributed by atoms with Gasteiger partial charge in [-0.05, 0) is 23.8 Å². The monoisotopic (exact) mass is 319 g/mol. The quantitative estimate of drug-likeness (QED) is 0.924. The van der Waals surface area contributed by atoms with Crippen molar-refractivity contribution in [2.75, 3.05) is 0 Å². The van der Waals surface area contributed by atoms with Crippen LogP contribution in [0.4, 0.5) is 13.2 Å². The van der Waals surface area contributed by atoms with Crippen LogP contribution in [0.2, 0.25) is 0 Å². The molecule has 0 atom stereocenters. The lowest BCUT2D eigenvalue weighted by molar-refractivity contribution is -0.141. The average Bonchev–Trinajstić information content (AvgIpc) is 2.77. The van der Waals surface area contributed by atoms with Crippen molar-refractivity contribution >= 4 is 15.9 Å². The van der Waals surface area contributed by atoms with Gasteiger partial charge in [-0.25, -0.2) is 4.68 Å².